The monoisotopic (exact) mass is 347 g/mol. The third kappa shape index (κ3) is 3.09. The van der Waals surface area contributed by atoms with Gasteiger partial charge in [-0.1, -0.05) is 64.8 Å². The second-order valence-corrected chi connectivity index (χ2v) is 5.52. The van der Waals surface area contributed by atoms with Crippen LogP contribution in [0.3, 0.4) is 0 Å². The minimum atomic E-state index is 0.00805. The molecule has 1 aromatic heterocycles. The van der Waals surface area contributed by atoms with Gasteiger partial charge in [0.15, 0.2) is 5.76 Å². The maximum Gasteiger partial charge on any atom is 0.293 e. The molecule has 1 heterocycles. The van der Waals surface area contributed by atoms with Gasteiger partial charge in [-0.2, -0.15) is 0 Å². The molecule has 2 aromatic carbocycles. The second kappa shape index (κ2) is 6.86. The average molecular weight is 348 g/mol. The van der Waals surface area contributed by atoms with Crippen LogP contribution in [-0.2, 0) is 16.1 Å². The lowest BCUT2D eigenvalue weighted by atomic mass is 10.0. The van der Waals surface area contributed by atoms with Gasteiger partial charge < -0.3 is 9.26 Å². The Balaban J connectivity index is 2.18. The molecule has 0 spiro atoms. The number of halogens is 2. The van der Waals surface area contributed by atoms with Crippen LogP contribution in [0.15, 0.2) is 53.1 Å². The van der Waals surface area contributed by atoms with Gasteiger partial charge in [-0.25, -0.2) is 0 Å². The SMILES string of the molecule is O=COCc1c(-c2c(Cl)cccc2Cl)noc1-c1ccccc1. The Morgan fingerprint density at radius 1 is 1.04 bits per heavy atom. The number of aromatic nitrogens is 1. The summed E-state index contributed by atoms with van der Waals surface area (Å²) in [5.74, 6) is 0.512. The smallest absolute Gasteiger partial charge is 0.293 e. The molecule has 0 fully saturated rings. The molecule has 116 valence electrons. The van der Waals surface area contributed by atoms with Crippen LogP contribution in [0.4, 0.5) is 0 Å². The van der Waals surface area contributed by atoms with Crippen LogP contribution in [0.1, 0.15) is 5.56 Å². The van der Waals surface area contributed by atoms with E-state index < -0.39 is 0 Å². The molecule has 0 aliphatic carbocycles. The van der Waals surface area contributed by atoms with Crippen molar-refractivity contribution >= 4 is 29.7 Å². The number of nitrogens with zero attached hydrogens (tertiary/aromatic N) is 1. The lowest BCUT2D eigenvalue weighted by Gasteiger charge is -2.06. The first-order chi connectivity index (χ1) is 11.2. The van der Waals surface area contributed by atoms with Crippen molar-refractivity contribution in [1.82, 2.24) is 5.16 Å². The van der Waals surface area contributed by atoms with E-state index in [0.29, 0.717) is 39.1 Å². The summed E-state index contributed by atoms with van der Waals surface area (Å²) in [7, 11) is 0. The molecule has 0 saturated heterocycles. The van der Waals surface area contributed by atoms with Crippen LogP contribution in [0.2, 0.25) is 10.0 Å². The van der Waals surface area contributed by atoms with Crippen molar-refractivity contribution in [2.45, 2.75) is 6.61 Å². The second-order valence-electron chi connectivity index (χ2n) is 4.71. The fourth-order valence-electron chi connectivity index (χ4n) is 2.30. The molecule has 0 saturated carbocycles. The van der Waals surface area contributed by atoms with Gasteiger partial charge in [-0.05, 0) is 12.1 Å². The normalized spacial score (nSPS) is 10.5. The van der Waals surface area contributed by atoms with Gasteiger partial charge in [-0.15, -0.1) is 0 Å². The summed E-state index contributed by atoms with van der Waals surface area (Å²) in [4.78, 5) is 10.6. The Hall–Kier alpha value is -2.30. The van der Waals surface area contributed by atoms with E-state index >= 15 is 0 Å². The summed E-state index contributed by atoms with van der Waals surface area (Å²) in [5.41, 5.74) is 2.43. The van der Waals surface area contributed by atoms with Crippen molar-refractivity contribution in [3.05, 3.63) is 64.1 Å². The Morgan fingerprint density at radius 2 is 1.74 bits per heavy atom. The van der Waals surface area contributed by atoms with Crippen LogP contribution < -0.4 is 0 Å². The van der Waals surface area contributed by atoms with Crippen LogP contribution in [0.5, 0.6) is 0 Å². The molecular weight excluding hydrogens is 337 g/mol. The van der Waals surface area contributed by atoms with Crippen LogP contribution in [0.25, 0.3) is 22.6 Å². The first kappa shape index (κ1) is 15.6. The van der Waals surface area contributed by atoms with Gasteiger partial charge in [0.1, 0.15) is 12.3 Å². The quantitative estimate of drug-likeness (QED) is 0.610. The average Bonchev–Trinajstić information content (AvgIpc) is 2.97. The van der Waals surface area contributed by atoms with E-state index in [4.69, 9.17) is 32.5 Å². The highest BCUT2D eigenvalue weighted by molar-refractivity contribution is 6.39. The van der Waals surface area contributed by atoms with E-state index in [-0.39, 0.29) is 6.61 Å². The molecular formula is C17H11Cl2NO3. The van der Waals surface area contributed by atoms with Gasteiger partial charge in [0.05, 0.1) is 15.6 Å². The molecule has 6 heteroatoms. The number of benzene rings is 2. The number of rotatable bonds is 5. The minimum Gasteiger partial charge on any atom is -0.463 e. The molecule has 0 radical (unpaired) electrons. The Morgan fingerprint density at radius 3 is 2.39 bits per heavy atom. The van der Waals surface area contributed by atoms with Crippen molar-refractivity contribution in [2.75, 3.05) is 0 Å². The molecule has 0 aliphatic rings. The van der Waals surface area contributed by atoms with Crippen LogP contribution in [0, 0.1) is 0 Å². The summed E-state index contributed by atoms with van der Waals surface area (Å²) in [6.07, 6.45) is 0. The first-order valence-electron chi connectivity index (χ1n) is 6.76. The van der Waals surface area contributed by atoms with Crippen molar-refractivity contribution in [2.24, 2.45) is 0 Å². The molecule has 3 aromatic rings. The number of ether oxygens (including phenoxy) is 1. The lowest BCUT2D eigenvalue weighted by Crippen LogP contribution is -1.95. The standard InChI is InChI=1S/C17H11Cl2NO3/c18-13-7-4-8-14(19)15(13)16-12(9-22-10-21)17(23-20-16)11-5-2-1-3-6-11/h1-8,10H,9H2. The molecule has 4 nitrogen and oxygen atoms in total. The zero-order valence-corrected chi connectivity index (χ0v) is 13.3. The van der Waals surface area contributed by atoms with Crippen molar-refractivity contribution < 1.29 is 14.1 Å². The maximum absolute atomic E-state index is 10.6. The van der Waals surface area contributed by atoms with Gasteiger partial charge >= 0.3 is 0 Å². The third-order valence-electron chi connectivity index (χ3n) is 3.32. The fourth-order valence-corrected chi connectivity index (χ4v) is 2.87. The van der Waals surface area contributed by atoms with Crippen molar-refractivity contribution in [1.29, 1.82) is 0 Å². The van der Waals surface area contributed by atoms with Crippen LogP contribution in [-0.4, -0.2) is 11.6 Å². The zero-order valence-electron chi connectivity index (χ0n) is 11.8. The molecule has 0 amide bonds. The topological polar surface area (TPSA) is 52.3 Å². The van der Waals surface area contributed by atoms with Gasteiger partial charge in [0.2, 0.25) is 0 Å². The van der Waals surface area contributed by atoms with Gasteiger partial charge in [0.25, 0.3) is 6.47 Å². The summed E-state index contributed by atoms with van der Waals surface area (Å²) in [5, 5.41) is 4.98. The van der Waals surface area contributed by atoms with Crippen molar-refractivity contribution in [3.8, 4) is 22.6 Å². The largest absolute Gasteiger partial charge is 0.463 e. The summed E-state index contributed by atoms with van der Waals surface area (Å²) in [6.45, 7) is 0.383. The molecule has 0 atom stereocenters. The highest BCUT2D eigenvalue weighted by atomic mass is 35.5. The molecule has 0 aliphatic heterocycles. The van der Waals surface area contributed by atoms with Gasteiger partial charge in [-0.3, -0.25) is 4.79 Å². The fraction of sp³-hybridized carbons (Fsp3) is 0.0588. The molecule has 23 heavy (non-hydrogen) atoms. The number of hydrogen-bond donors (Lipinski definition) is 0. The Bertz CT molecular complexity index is 811. The van der Waals surface area contributed by atoms with E-state index in [1.54, 1.807) is 18.2 Å². The zero-order chi connectivity index (χ0) is 16.2. The number of carbonyl (C=O) groups excluding carboxylic acids is 1. The molecule has 0 unspecified atom stereocenters. The van der Waals surface area contributed by atoms with E-state index in [2.05, 4.69) is 5.16 Å². The van der Waals surface area contributed by atoms with E-state index in [1.165, 1.54) is 0 Å². The number of hydrogen-bond acceptors (Lipinski definition) is 4. The Kier molecular flexibility index (Phi) is 4.65. The van der Waals surface area contributed by atoms with Gasteiger partial charge in [0, 0.05) is 11.1 Å². The Labute approximate surface area is 142 Å². The van der Waals surface area contributed by atoms with E-state index in [0.717, 1.165) is 5.56 Å². The first-order valence-corrected chi connectivity index (χ1v) is 7.51. The van der Waals surface area contributed by atoms with Crippen LogP contribution >= 0.6 is 23.2 Å². The minimum absolute atomic E-state index is 0.00805. The highest BCUT2D eigenvalue weighted by Crippen LogP contribution is 2.39. The predicted molar refractivity (Wildman–Crippen MR) is 88.2 cm³/mol. The highest BCUT2D eigenvalue weighted by Gasteiger charge is 2.22. The molecule has 3 rings (SSSR count). The molecule has 0 bridgehead atoms. The summed E-state index contributed by atoms with van der Waals surface area (Å²) in [6, 6.07) is 14.6. The van der Waals surface area contributed by atoms with Crippen molar-refractivity contribution in [3.63, 3.8) is 0 Å². The predicted octanol–water partition coefficient (Wildman–Crippen LogP) is 4.99. The summed E-state index contributed by atoms with van der Waals surface area (Å²) < 4.78 is 10.4. The third-order valence-corrected chi connectivity index (χ3v) is 3.95. The lowest BCUT2D eigenvalue weighted by molar-refractivity contribution is -0.129. The summed E-state index contributed by atoms with van der Waals surface area (Å²) >= 11 is 12.5. The van der Waals surface area contributed by atoms with E-state index in [9.17, 15) is 4.79 Å². The number of carbonyl (C=O) groups is 1. The maximum atomic E-state index is 10.6. The van der Waals surface area contributed by atoms with E-state index in [1.807, 2.05) is 30.3 Å². The molecule has 0 N–H and O–H groups in total.